The summed E-state index contributed by atoms with van der Waals surface area (Å²) < 4.78 is 6.61. The lowest BCUT2D eigenvalue weighted by Crippen LogP contribution is -2.33. The van der Waals surface area contributed by atoms with Gasteiger partial charge in [0.15, 0.2) is 5.84 Å². The second-order valence-corrected chi connectivity index (χ2v) is 14.6. The molecule has 0 bridgehead atoms. The molecule has 1 unspecified atom stereocenters. The van der Waals surface area contributed by atoms with Crippen molar-refractivity contribution in [2.75, 3.05) is 0 Å². The van der Waals surface area contributed by atoms with Crippen molar-refractivity contribution in [3.8, 4) is 11.1 Å². The smallest absolute Gasteiger partial charge is 0.159 e. The molecule has 0 saturated carbocycles. The Kier molecular flexibility index (Phi) is 7.34. The van der Waals surface area contributed by atoms with Gasteiger partial charge in [0.25, 0.3) is 0 Å². The summed E-state index contributed by atoms with van der Waals surface area (Å²) in [6, 6.07) is 60.3. The molecule has 55 heavy (non-hydrogen) atoms. The van der Waals surface area contributed by atoms with Crippen molar-refractivity contribution >= 4 is 66.8 Å². The maximum Gasteiger partial charge on any atom is 0.159 e. The normalized spacial score (nSPS) is 15.4. The summed E-state index contributed by atoms with van der Waals surface area (Å²) in [6.07, 6.45) is 3.96. The van der Waals surface area contributed by atoms with Crippen LogP contribution in [-0.2, 0) is 6.42 Å². The monoisotopic (exact) mass is 705 g/mol. The van der Waals surface area contributed by atoms with Gasteiger partial charge in [-0.25, -0.2) is 9.98 Å². The van der Waals surface area contributed by atoms with E-state index in [1.165, 1.54) is 49.5 Å². The number of nitrogens with one attached hydrogen (secondary N) is 1. The molecule has 1 N–H and O–H groups in total. The molecule has 2 heterocycles. The zero-order valence-electron chi connectivity index (χ0n) is 30.0. The van der Waals surface area contributed by atoms with Gasteiger partial charge in [-0.1, -0.05) is 140 Å². The average Bonchev–Trinajstić information content (AvgIpc) is 3.64. The first-order valence-electron chi connectivity index (χ1n) is 19.0. The number of para-hydroxylation sites is 1. The van der Waals surface area contributed by atoms with Crippen LogP contribution in [0, 0.1) is 0 Å². The molecule has 4 heteroatoms. The number of allylic oxidation sites excluding steroid dienone is 1. The quantitative estimate of drug-likeness (QED) is 0.194. The second-order valence-electron chi connectivity index (χ2n) is 14.6. The molecular weight excluding hydrogens is 671 g/mol. The first-order valence-corrected chi connectivity index (χ1v) is 19.0. The van der Waals surface area contributed by atoms with Crippen LogP contribution in [0.1, 0.15) is 46.0 Å². The Morgan fingerprint density at radius 3 is 2.16 bits per heavy atom. The number of hydrogen-bond donors (Lipinski definition) is 1. The van der Waals surface area contributed by atoms with Crippen LogP contribution >= 0.6 is 0 Å². The number of aryl methyl sites for hydroxylation is 1. The van der Waals surface area contributed by atoms with Crippen molar-refractivity contribution in [3.05, 3.63) is 203 Å². The van der Waals surface area contributed by atoms with Gasteiger partial charge in [-0.15, -0.1) is 0 Å². The van der Waals surface area contributed by atoms with E-state index < -0.39 is 0 Å². The average molecular weight is 706 g/mol. The minimum absolute atomic E-state index is 0.348. The first-order chi connectivity index (χ1) is 27.2. The molecule has 2 aliphatic rings. The lowest BCUT2D eigenvalue weighted by Gasteiger charge is -2.25. The van der Waals surface area contributed by atoms with E-state index in [9.17, 15) is 0 Å². The standard InChI is InChI=1S/C51H35N3O/c1-2-10-32(11-3-1)37-20-21-39-29-42(25-22-38(39)26-37)50-52-49(41-24-19-34-13-5-7-15-36(34)28-41)53-51(54-50)43-30-45(40-23-18-33-12-4-6-14-35(33)27-40)48-44-16-8-9-17-46(44)55-47(48)31-43/h1-17,19-22,24-31,49H,18,23H2,(H,52,53,54). The van der Waals surface area contributed by atoms with Crippen molar-refractivity contribution in [3.63, 3.8) is 0 Å². The van der Waals surface area contributed by atoms with E-state index in [0.29, 0.717) is 5.84 Å². The zero-order valence-corrected chi connectivity index (χ0v) is 30.0. The summed E-state index contributed by atoms with van der Waals surface area (Å²) in [4.78, 5) is 10.6. The van der Waals surface area contributed by atoms with Crippen molar-refractivity contribution in [2.45, 2.75) is 19.0 Å². The Hall–Kier alpha value is -7.04. The highest BCUT2D eigenvalue weighted by molar-refractivity contribution is 6.18. The van der Waals surface area contributed by atoms with E-state index in [2.05, 4.69) is 175 Å². The van der Waals surface area contributed by atoms with Gasteiger partial charge in [-0.05, 0) is 110 Å². The Morgan fingerprint density at radius 1 is 0.527 bits per heavy atom. The van der Waals surface area contributed by atoms with Crippen LogP contribution in [0.25, 0.3) is 66.3 Å². The highest BCUT2D eigenvalue weighted by Crippen LogP contribution is 2.40. The van der Waals surface area contributed by atoms with Crippen LogP contribution in [0.2, 0.25) is 0 Å². The van der Waals surface area contributed by atoms with Crippen molar-refractivity contribution in [1.82, 2.24) is 5.32 Å². The van der Waals surface area contributed by atoms with Crippen molar-refractivity contribution in [1.29, 1.82) is 0 Å². The van der Waals surface area contributed by atoms with Gasteiger partial charge in [-0.3, -0.25) is 0 Å². The topological polar surface area (TPSA) is 49.9 Å². The zero-order chi connectivity index (χ0) is 36.3. The van der Waals surface area contributed by atoms with Gasteiger partial charge in [0, 0.05) is 21.9 Å². The molecule has 1 aliphatic carbocycles. The van der Waals surface area contributed by atoms with Gasteiger partial charge < -0.3 is 9.73 Å². The Balaban J connectivity index is 1.07. The van der Waals surface area contributed by atoms with Crippen molar-refractivity contribution < 1.29 is 4.42 Å². The van der Waals surface area contributed by atoms with Gasteiger partial charge in [0.1, 0.15) is 23.2 Å². The fraction of sp³-hybridized carbons (Fsp3) is 0.0588. The molecule has 260 valence electrons. The third-order valence-corrected chi connectivity index (χ3v) is 11.2. The van der Waals surface area contributed by atoms with Crippen molar-refractivity contribution in [2.24, 2.45) is 9.98 Å². The summed E-state index contributed by atoms with van der Waals surface area (Å²) in [5.74, 6) is 1.46. The largest absolute Gasteiger partial charge is 0.456 e. The number of furan rings is 1. The predicted octanol–water partition coefficient (Wildman–Crippen LogP) is 12.5. The Labute approximate surface area is 318 Å². The summed E-state index contributed by atoms with van der Waals surface area (Å²) in [5.41, 5.74) is 12.3. The second kappa shape index (κ2) is 12.8. The predicted molar refractivity (Wildman–Crippen MR) is 229 cm³/mol. The summed E-state index contributed by atoms with van der Waals surface area (Å²) in [6.45, 7) is 0. The van der Waals surface area contributed by atoms with E-state index in [4.69, 9.17) is 14.4 Å². The molecule has 1 aliphatic heterocycles. The number of fused-ring (bicyclic) bond motifs is 6. The molecule has 8 aromatic carbocycles. The lowest BCUT2D eigenvalue weighted by molar-refractivity contribution is 0.666. The van der Waals surface area contributed by atoms with E-state index in [1.807, 2.05) is 6.07 Å². The van der Waals surface area contributed by atoms with E-state index >= 15 is 0 Å². The first kappa shape index (κ1) is 31.5. The minimum atomic E-state index is -0.348. The molecule has 0 amide bonds. The Morgan fingerprint density at radius 2 is 1.25 bits per heavy atom. The molecule has 0 fully saturated rings. The van der Waals surface area contributed by atoms with Crippen LogP contribution in [-0.4, -0.2) is 11.7 Å². The van der Waals surface area contributed by atoms with Crippen LogP contribution < -0.4 is 5.32 Å². The van der Waals surface area contributed by atoms with Crippen LogP contribution in [0.4, 0.5) is 0 Å². The summed E-state index contributed by atoms with van der Waals surface area (Å²) in [5, 5.41) is 10.7. The molecule has 1 aromatic heterocycles. The number of hydrogen-bond acceptors (Lipinski definition) is 4. The number of rotatable bonds is 5. The van der Waals surface area contributed by atoms with Crippen LogP contribution in [0.5, 0.6) is 0 Å². The number of benzene rings is 8. The van der Waals surface area contributed by atoms with Gasteiger partial charge in [0.2, 0.25) is 0 Å². The fourth-order valence-electron chi connectivity index (χ4n) is 8.36. The SMILES string of the molecule is C1=C(c2cc(C3=NC(c4ccc5cc(-c6ccccc6)ccc5c4)=NC(c4ccc5ccccc5c4)N3)cc3oc4ccccc4c23)CCc2ccccc21. The molecule has 4 nitrogen and oxygen atoms in total. The number of nitrogens with zero attached hydrogens (tertiary/aromatic N) is 2. The summed E-state index contributed by atoms with van der Waals surface area (Å²) >= 11 is 0. The molecule has 0 spiro atoms. The Bertz CT molecular complexity index is 3080. The molecule has 1 atom stereocenters. The summed E-state index contributed by atoms with van der Waals surface area (Å²) in [7, 11) is 0. The maximum atomic E-state index is 6.61. The maximum absolute atomic E-state index is 6.61. The molecule has 0 radical (unpaired) electrons. The van der Waals surface area contributed by atoms with Gasteiger partial charge in [0.05, 0.1) is 0 Å². The number of amidine groups is 2. The fourth-order valence-corrected chi connectivity index (χ4v) is 8.36. The molecule has 9 aromatic rings. The number of aliphatic imine (C=N–C) groups is 2. The van der Waals surface area contributed by atoms with E-state index in [0.717, 1.165) is 62.7 Å². The van der Waals surface area contributed by atoms with Crippen LogP contribution in [0.3, 0.4) is 0 Å². The molecule has 0 saturated heterocycles. The molecule has 11 rings (SSSR count). The lowest BCUT2D eigenvalue weighted by atomic mass is 9.86. The van der Waals surface area contributed by atoms with E-state index in [-0.39, 0.29) is 6.17 Å². The minimum Gasteiger partial charge on any atom is -0.456 e. The third kappa shape index (κ3) is 5.62. The van der Waals surface area contributed by atoms with E-state index in [1.54, 1.807) is 0 Å². The van der Waals surface area contributed by atoms with Crippen LogP contribution in [0.15, 0.2) is 184 Å². The molecular formula is C51H35N3O. The highest BCUT2D eigenvalue weighted by atomic mass is 16.3. The van der Waals surface area contributed by atoms with Gasteiger partial charge >= 0.3 is 0 Å². The third-order valence-electron chi connectivity index (χ3n) is 11.2. The van der Waals surface area contributed by atoms with Gasteiger partial charge in [-0.2, -0.15) is 0 Å². The highest BCUT2D eigenvalue weighted by Gasteiger charge is 2.25.